The first-order chi connectivity index (χ1) is 8.20. The van der Waals surface area contributed by atoms with Crippen LogP contribution in [-0.4, -0.2) is 18.9 Å². The second kappa shape index (κ2) is 5.32. The zero-order chi connectivity index (χ0) is 12.3. The Bertz CT molecular complexity index is 415. The first kappa shape index (κ1) is 12.1. The predicted molar refractivity (Wildman–Crippen MR) is 67.4 cm³/mol. The summed E-state index contributed by atoms with van der Waals surface area (Å²) < 4.78 is 5.42. The molecular weight excluding hydrogens is 214 g/mol. The molecule has 0 fully saturated rings. The monoisotopic (exact) mass is 233 g/mol. The number of Topliss-reactive ketones (excluding diaryl/α,β-unsaturated/α-hetero) is 1. The van der Waals surface area contributed by atoms with Gasteiger partial charge in [-0.2, -0.15) is 0 Å². The summed E-state index contributed by atoms with van der Waals surface area (Å²) in [5.74, 6) is 1.55. The van der Waals surface area contributed by atoms with Gasteiger partial charge in [0.25, 0.3) is 0 Å². The molecular formula is C14H19NO2. The van der Waals surface area contributed by atoms with E-state index in [2.05, 4.69) is 6.92 Å². The Morgan fingerprint density at radius 1 is 1.53 bits per heavy atom. The molecule has 0 aliphatic carbocycles. The molecule has 1 atom stereocenters. The number of fused-ring (bicyclic) bond motifs is 1. The average molecular weight is 233 g/mol. The topological polar surface area (TPSA) is 52.3 Å². The van der Waals surface area contributed by atoms with Crippen LogP contribution >= 0.6 is 0 Å². The Morgan fingerprint density at radius 2 is 2.35 bits per heavy atom. The lowest BCUT2D eigenvalue weighted by Gasteiger charge is -2.07. The smallest absolute Gasteiger partial charge is 0.162 e. The van der Waals surface area contributed by atoms with Crippen molar-refractivity contribution in [1.29, 1.82) is 0 Å². The SMILES string of the molecule is CC(CN)CCC(=O)c1ccc2c(c1)CCO2. The molecule has 1 aromatic carbocycles. The van der Waals surface area contributed by atoms with Gasteiger partial charge in [0.05, 0.1) is 6.61 Å². The Hall–Kier alpha value is -1.35. The minimum atomic E-state index is 0.208. The van der Waals surface area contributed by atoms with E-state index in [0.29, 0.717) is 18.9 Å². The number of ether oxygens (including phenoxy) is 1. The van der Waals surface area contributed by atoms with E-state index in [1.165, 1.54) is 0 Å². The number of ketones is 1. The van der Waals surface area contributed by atoms with Gasteiger partial charge in [0.2, 0.25) is 0 Å². The molecule has 0 amide bonds. The number of nitrogens with two attached hydrogens (primary N) is 1. The van der Waals surface area contributed by atoms with E-state index in [1.54, 1.807) is 0 Å². The lowest BCUT2D eigenvalue weighted by Crippen LogP contribution is -2.12. The van der Waals surface area contributed by atoms with Crippen LogP contribution in [-0.2, 0) is 6.42 Å². The van der Waals surface area contributed by atoms with Crippen molar-refractivity contribution in [3.63, 3.8) is 0 Å². The first-order valence-electron chi connectivity index (χ1n) is 6.19. The number of carbonyl (C=O) groups is 1. The van der Waals surface area contributed by atoms with Crippen molar-refractivity contribution in [2.75, 3.05) is 13.2 Å². The summed E-state index contributed by atoms with van der Waals surface area (Å²) in [6.07, 6.45) is 2.36. The van der Waals surface area contributed by atoms with Crippen molar-refractivity contribution in [1.82, 2.24) is 0 Å². The van der Waals surface area contributed by atoms with Gasteiger partial charge < -0.3 is 10.5 Å². The summed E-state index contributed by atoms with van der Waals surface area (Å²) in [5, 5.41) is 0. The van der Waals surface area contributed by atoms with Gasteiger partial charge in [-0.3, -0.25) is 4.79 Å². The zero-order valence-corrected chi connectivity index (χ0v) is 10.2. The van der Waals surface area contributed by atoms with Crippen molar-refractivity contribution in [3.05, 3.63) is 29.3 Å². The van der Waals surface area contributed by atoms with Crippen molar-refractivity contribution in [3.8, 4) is 5.75 Å². The fourth-order valence-electron chi connectivity index (χ4n) is 2.00. The van der Waals surface area contributed by atoms with Gasteiger partial charge in [0, 0.05) is 18.4 Å². The van der Waals surface area contributed by atoms with Gasteiger partial charge in [0.15, 0.2) is 5.78 Å². The van der Waals surface area contributed by atoms with E-state index in [1.807, 2.05) is 18.2 Å². The van der Waals surface area contributed by atoms with E-state index in [9.17, 15) is 4.79 Å². The number of rotatable bonds is 5. The molecule has 1 aliphatic heterocycles. The van der Waals surface area contributed by atoms with E-state index in [0.717, 1.165) is 36.3 Å². The number of benzene rings is 1. The molecule has 2 N–H and O–H groups in total. The lowest BCUT2D eigenvalue weighted by molar-refractivity contribution is 0.0975. The van der Waals surface area contributed by atoms with Crippen LogP contribution in [0.5, 0.6) is 5.75 Å². The minimum Gasteiger partial charge on any atom is -0.493 e. The molecule has 1 aromatic rings. The summed E-state index contributed by atoms with van der Waals surface area (Å²) >= 11 is 0. The molecule has 0 bridgehead atoms. The minimum absolute atomic E-state index is 0.208. The highest BCUT2D eigenvalue weighted by Gasteiger charge is 2.15. The largest absolute Gasteiger partial charge is 0.493 e. The number of carbonyl (C=O) groups excluding carboxylic acids is 1. The lowest BCUT2D eigenvalue weighted by atomic mass is 9.98. The summed E-state index contributed by atoms with van der Waals surface area (Å²) in [7, 11) is 0. The molecule has 3 heteroatoms. The standard InChI is InChI=1S/C14H19NO2/c1-10(9-15)2-4-13(16)11-3-5-14-12(8-11)6-7-17-14/h3,5,8,10H,2,4,6-7,9,15H2,1H3. The van der Waals surface area contributed by atoms with Crippen LogP contribution in [0.4, 0.5) is 0 Å². The van der Waals surface area contributed by atoms with Crippen LogP contribution in [0.25, 0.3) is 0 Å². The fraction of sp³-hybridized carbons (Fsp3) is 0.500. The molecule has 2 rings (SSSR count). The second-order valence-electron chi connectivity index (χ2n) is 4.72. The molecule has 0 aromatic heterocycles. The second-order valence-corrected chi connectivity index (χ2v) is 4.72. The van der Waals surface area contributed by atoms with Crippen LogP contribution in [0.2, 0.25) is 0 Å². The third-order valence-corrected chi connectivity index (χ3v) is 3.28. The van der Waals surface area contributed by atoms with Crippen LogP contribution in [0, 0.1) is 5.92 Å². The quantitative estimate of drug-likeness (QED) is 0.793. The van der Waals surface area contributed by atoms with Gasteiger partial charge >= 0.3 is 0 Å². The summed E-state index contributed by atoms with van der Waals surface area (Å²) in [6.45, 7) is 3.45. The van der Waals surface area contributed by atoms with Gasteiger partial charge in [-0.1, -0.05) is 6.92 Å². The third kappa shape index (κ3) is 2.86. The Labute approximate surface area is 102 Å². The van der Waals surface area contributed by atoms with Crippen LogP contribution in [0.1, 0.15) is 35.7 Å². The highest BCUT2D eigenvalue weighted by molar-refractivity contribution is 5.96. The zero-order valence-electron chi connectivity index (χ0n) is 10.2. The molecule has 0 saturated heterocycles. The van der Waals surface area contributed by atoms with E-state index < -0.39 is 0 Å². The maximum atomic E-state index is 12.0. The number of hydrogen-bond donors (Lipinski definition) is 1. The van der Waals surface area contributed by atoms with Crippen molar-refractivity contribution in [2.24, 2.45) is 11.7 Å². The van der Waals surface area contributed by atoms with E-state index in [-0.39, 0.29) is 5.78 Å². The van der Waals surface area contributed by atoms with Crippen LogP contribution < -0.4 is 10.5 Å². The van der Waals surface area contributed by atoms with Gasteiger partial charge in [-0.15, -0.1) is 0 Å². The van der Waals surface area contributed by atoms with Gasteiger partial charge in [-0.05, 0) is 42.6 Å². The molecule has 0 spiro atoms. The fourth-order valence-corrected chi connectivity index (χ4v) is 2.00. The van der Waals surface area contributed by atoms with Gasteiger partial charge in [-0.25, -0.2) is 0 Å². The maximum absolute atomic E-state index is 12.0. The summed E-state index contributed by atoms with van der Waals surface area (Å²) in [5.41, 5.74) is 7.50. The molecule has 17 heavy (non-hydrogen) atoms. The van der Waals surface area contributed by atoms with Crippen molar-refractivity contribution in [2.45, 2.75) is 26.2 Å². The molecule has 3 nitrogen and oxygen atoms in total. The molecule has 0 saturated carbocycles. The van der Waals surface area contributed by atoms with E-state index in [4.69, 9.17) is 10.5 Å². The van der Waals surface area contributed by atoms with E-state index >= 15 is 0 Å². The first-order valence-corrected chi connectivity index (χ1v) is 6.19. The van der Waals surface area contributed by atoms with Gasteiger partial charge in [0.1, 0.15) is 5.75 Å². The molecule has 0 radical (unpaired) electrons. The highest BCUT2D eigenvalue weighted by atomic mass is 16.5. The Balaban J connectivity index is 2.00. The molecule has 92 valence electrons. The molecule has 1 unspecified atom stereocenters. The van der Waals surface area contributed by atoms with Crippen LogP contribution in [0.3, 0.4) is 0 Å². The average Bonchev–Trinajstić information content (AvgIpc) is 2.82. The van der Waals surface area contributed by atoms with Crippen molar-refractivity contribution >= 4 is 5.78 Å². The molecule has 1 heterocycles. The third-order valence-electron chi connectivity index (χ3n) is 3.28. The molecule has 1 aliphatic rings. The number of hydrogen-bond acceptors (Lipinski definition) is 3. The maximum Gasteiger partial charge on any atom is 0.162 e. The normalized spacial score (nSPS) is 15.2. The predicted octanol–water partition coefficient (Wildman–Crippen LogP) is 2.18. The van der Waals surface area contributed by atoms with Crippen LogP contribution in [0.15, 0.2) is 18.2 Å². The highest BCUT2D eigenvalue weighted by Crippen LogP contribution is 2.26. The summed E-state index contributed by atoms with van der Waals surface area (Å²) in [4.78, 5) is 12.0. The Kier molecular flexibility index (Phi) is 3.79. The van der Waals surface area contributed by atoms with Crippen molar-refractivity contribution < 1.29 is 9.53 Å². The summed E-state index contributed by atoms with van der Waals surface area (Å²) in [6, 6.07) is 5.74. The Morgan fingerprint density at radius 3 is 3.12 bits per heavy atom.